The molecule has 0 aromatic rings. The summed E-state index contributed by atoms with van der Waals surface area (Å²) in [6.45, 7) is 1.62. The number of rotatable bonds is 0. The second-order valence-electron chi connectivity index (χ2n) is 4.15. The summed E-state index contributed by atoms with van der Waals surface area (Å²) in [4.78, 5) is 0. The van der Waals surface area contributed by atoms with Gasteiger partial charge < -0.3 is 19.9 Å². The first-order valence-corrected chi connectivity index (χ1v) is 5.05. The van der Waals surface area contributed by atoms with Crippen molar-refractivity contribution >= 4 is 0 Å². The van der Waals surface area contributed by atoms with E-state index in [1.54, 1.807) is 0 Å². The van der Waals surface area contributed by atoms with Gasteiger partial charge in [0.2, 0.25) is 0 Å². The highest BCUT2D eigenvalue weighted by molar-refractivity contribution is 4.98. The lowest BCUT2D eigenvalue weighted by Gasteiger charge is -2.36. The van der Waals surface area contributed by atoms with Crippen LogP contribution in [0.15, 0.2) is 0 Å². The van der Waals surface area contributed by atoms with E-state index in [1.165, 1.54) is 0 Å². The molecular formula is C9H15NO3. The Morgan fingerprint density at radius 2 is 2.31 bits per heavy atom. The molecule has 3 fully saturated rings. The molecule has 4 nitrogen and oxygen atoms in total. The highest BCUT2D eigenvalue weighted by Crippen LogP contribution is 2.36. The van der Waals surface area contributed by atoms with Gasteiger partial charge in [0.15, 0.2) is 6.29 Å². The van der Waals surface area contributed by atoms with Crippen molar-refractivity contribution in [3.63, 3.8) is 0 Å². The van der Waals surface area contributed by atoms with Crippen LogP contribution in [-0.2, 0) is 9.47 Å². The maximum Gasteiger partial charge on any atom is 0.175 e. The van der Waals surface area contributed by atoms with Crippen molar-refractivity contribution in [2.75, 3.05) is 13.2 Å². The van der Waals surface area contributed by atoms with E-state index in [0.717, 1.165) is 19.4 Å². The molecule has 74 valence electrons. The van der Waals surface area contributed by atoms with E-state index in [0.29, 0.717) is 6.61 Å². The van der Waals surface area contributed by atoms with E-state index in [9.17, 15) is 5.11 Å². The molecular weight excluding hydrogens is 170 g/mol. The SMILES string of the molecule is OC1C2CCCNC1C1OCC2O1. The smallest absolute Gasteiger partial charge is 0.175 e. The van der Waals surface area contributed by atoms with E-state index in [1.807, 2.05) is 0 Å². The maximum atomic E-state index is 10.0. The van der Waals surface area contributed by atoms with E-state index in [4.69, 9.17) is 9.47 Å². The Hall–Kier alpha value is -0.160. The molecule has 0 saturated carbocycles. The van der Waals surface area contributed by atoms with Gasteiger partial charge >= 0.3 is 0 Å². The molecule has 0 aromatic heterocycles. The molecule has 3 saturated heterocycles. The van der Waals surface area contributed by atoms with Crippen LogP contribution >= 0.6 is 0 Å². The normalized spacial score (nSPS) is 54.7. The van der Waals surface area contributed by atoms with Crippen LogP contribution in [0.25, 0.3) is 0 Å². The topological polar surface area (TPSA) is 50.7 Å². The molecule has 3 heterocycles. The lowest BCUT2D eigenvalue weighted by atomic mass is 9.87. The van der Waals surface area contributed by atoms with Crippen LogP contribution in [0.5, 0.6) is 0 Å². The van der Waals surface area contributed by atoms with E-state index in [2.05, 4.69) is 5.32 Å². The zero-order valence-corrected chi connectivity index (χ0v) is 7.48. The van der Waals surface area contributed by atoms with Crippen molar-refractivity contribution in [2.45, 2.75) is 37.4 Å². The first-order chi connectivity index (χ1) is 6.36. The maximum absolute atomic E-state index is 10.0. The third-order valence-electron chi connectivity index (χ3n) is 3.41. The number of ether oxygens (including phenoxy) is 2. The fourth-order valence-corrected chi connectivity index (χ4v) is 2.68. The lowest BCUT2D eigenvalue weighted by molar-refractivity contribution is -0.160. The Kier molecular flexibility index (Phi) is 1.83. The van der Waals surface area contributed by atoms with Gasteiger partial charge in [0.05, 0.1) is 24.9 Å². The summed E-state index contributed by atoms with van der Waals surface area (Å²) in [5.74, 6) is 0.277. The summed E-state index contributed by atoms with van der Waals surface area (Å²) in [5.41, 5.74) is 0. The first kappa shape index (κ1) is 8.17. The predicted octanol–water partition coefficient (Wildman–Crippen LogP) is -0.529. The van der Waals surface area contributed by atoms with Gasteiger partial charge in [-0.15, -0.1) is 0 Å². The largest absolute Gasteiger partial charge is 0.391 e. The van der Waals surface area contributed by atoms with Gasteiger partial charge in [-0.3, -0.25) is 0 Å². The van der Waals surface area contributed by atoms with Crippen molar-refractivity contribution in [1.29, 1.82) is 0 Å². The first-order valence-electron chi connectivity index (χ1n) is 5.05. The molecule has 13 heavy (non-hydrogen) atoms. The minimum absolute atomic E-state index is 0.00810. The zero-order chi connectivity index (χ0) is 8.84. The van der Waals surface area contributed by atoms with Gasteiger partial charge in [0.1, 0.15) is 0 Å². The summed E-state index contributed by atoms with van der Waals surface area (Å²) < 4.78 is 11.1. The van der Waals surface area contributed by atoms with Crippen LogP contribution in [0.3, 0.4) is 0 Å². The number of aliphatic hydroxyl groups excluding tert-OH is 1. The number of hydrogen-bond acceptors (Lipinski definition) is 4. The Labute approximate surface area is 77.2 Å². The molecule has 5 unspecified atom stereocenters. The molecule has 2 N–H and O–H groups in total. The van der Waals surface area contributed by atoms with Crippen LogP contribution in [-0.4, -0.2) is 42.8 Å². The number of hydrogen-bond donors (Lipinski definition) is 2. The highest BCUT2D eigenvalue weighted by Gasteiger charge is 2.50. The van der Waals surface area contributed by atoms with Crippen molar-refractivity contribution < 1.29 is 14.6 Å². The van der Waals surface area contributed by atoms with Gasteiger partial charge in [-0.1, -0.05) is 0 Å². The third kappa shape index (κ3) is 1.13. The number of fused-ring (bicyclic) bond motifs is 6. The Bertz CT molecular complexity index is 191. The summed E-state index contributed by atoms with van der Waals surface area (Å²) >= 11 is 0. The van der Waals surface area contributed by atoms with Gasteiger partial charge in [-0.2, -0.15) is 0 Å². The molecule has 3 rings (SSSR count). The molecule has 0 radical (unpaired) electrons. The average Bonchev–Trinajstić information content (AvgIpc) is 2.51. The molecule has 3 aliphatic rings. The number of aliphatic hydroxyl groups is 1. The fourth-order valence-electron chi connectivity index (χ4n) is 2.68. The molecule has 0 spiro atoms. The van der Waals surface area contributed by atoms with Crippen molar-refractivity contribution in [3.05, 3.63) is 0 Å². The van der Waals surface area contributed by atoms with Crippen LogP contribution in [0.1, 0.15) is 12.8 Å². The van der Waals surface area contributed by atoms with Crippen LogP contribution in [0.2, 0.25) is 0 Å². The number of nitrogens with one attached hydrogen (secondary N) is 1. The van der Waals surface area contributed by atoms with Crippen LogP contribution in [0, 0.1) is 5.92 Å². The molecule has 5 atom stereocenters. The van der Waals surface area contributed by atoms with E-state index >= 15 is 0 Å². The Morgan fingerprint density at radius 1 is 1.38 bits per heavy atom. The van der Waals surface area contributed by atoms with Crippen molar-refractivity contribution in [3.8, 4) is 0 Å². The molecule has 0 amide bonds. The zero-order valence-electron chi connectivity index (χ0n) is 7.48. The third-order valence-corrected chi connectivity index (χ3v) is 3.41. The van der Waals surface area contributed by atoms with Gasteiger partial charge in [-0.05, 0) is 19.4 Å². The second-order valence-corrected chi connectivity index (χ2v) is 4.15. The van der Waals surface area contributed by atoms with Gasteiger partial charge in [0, 0.05) is 5.92 Å². The predicted molar refractivity (Wildman–Crippen MR) is 45.1 cm³/mol. The standard InChI is InChI=1S/C9H15NO3/c11-8-5-2-1-3-10-7(8)9-12-4-6(5)13-9/h5-11H,1-4H2. The molecule has 0 aromatic carbocycles. The minimum Gasteiger partial charge on any atom is -0.391 e. The fraction of sp³-hybridized carbons (Fsp3) is 1.00. The monoisotopic (exact) mass is 185 g/mol. The molecule has 3 aliphatic heterocycles. The van der Waals surface area contributed by atoms with Crippen LogP contribution in [0.4, 0.5) is 0 Å². The lowest BCUT2D eigenvalue weighted by Crippen LogP contribution is -2.55. The van der Waals surface area contributed by atoms with Crippen molar-refractivity contribution in [2.24, 2.45) is 5.92 Å². The molecule has 4 bridgehead atoms. The van der Waals surface area contributed by atoms with Gasteiger partial charge in [0.25, 0.3) is 0 Å². The summed E-state index contributed by atoms with van der Waals surface area (Å²) in [7, 11) is 0. The molecule has 4 heteroatoms. The Balaban J connectivity index is 1.90. The highest BCUT2D eigenvalue weighted by atomic mass is 16.7. The minimum atomic E-state index is -0.284. The van der Waals surface area contributed by atoms with Crippen LogP contribution < -0.4 is 5.32 Å². The molecule has 0 aliphatic carbocycles. The quantitative estimate of drug-likeness (QED) is 0.532. The summed E-state index contributed by atoms with van der Waals surface area (Å²) in [6.07, 6.45) is 1.81. The van der Waals surface area contributed by atoms with Crippen molar-refractivity contribution in [1.82, 2.24) is 5.32 Å². The van der Waals surface area contributed by atoms with E-state index in [-0.39, 0.29) is 30.5 Å². The summed E-state index contributed by atoms with van der Waals surface area (Å²) in [6, 6.07) is -0.00810. The Morgan fingerprint density at radius 3 is 3.23 bits per heavy atom. The van der Waals surface area contributed by atoms with E-state index < -0.39 is 0 Å². The average molecular weight is 185 g/mol. The summed E-state index contributed by atoms with van der Waals surface area (Å²) in [5, 5.41) is 13.3. The van der Waals surface area contributed by atoms with Gasteiger partial charge in [-0.25, -0.2) is 0 Å². The second kappa shape index (κ2) is 2.92.